The Morgan fingerprint density at radius 3 is 2.79 bits per heavy atom. The molecule has 0 spiro atoms. The molecule has 0 radical (unpaired) electrons. The monoisotopic (exact) mass is 564 g/mol. The van der Waals surface area contributed by atoms with Crippen LogP contribution in [-0.2, 0) is 19.1 Å². The molecular weight excluding hydrogens is 540 g/mol. The lowest BCUT2D eigenvalue weighted by molar-refractivity contribution is -0.144. The van der Waals surface area contributed by atoms with Gasteiger partial charge in [0.2, 0.25) is 11.8 Å². The van der Waals surface area contributed by atoms with Gasteiger partial charge in [0, 0.05) is 46.8 Å². The van der Waals surface area contributed by atoms with E-state index < -0.39 is 0 Å². The highest BCUT2D eigenvalue weighted by molar-refractivity contribution is 9.10. The highest BCUT2D eigenvalue weighted by atomic mass is 79.9. The molecule has 2 aromatic rings. The van der Waals surface area contributed by atoms with Crippen LogP contribution in [0.3, 0.4) is 0 Å². The Morgan fingerprint density at radius 2 is 2.06 bits per heavy atom. The average Bonchev–Trinajstić information content (AvgIpc) is 3.16. The number of hydrogen-bond donors (Lipinski definition) is 1. The second kappa shape index (κ2) is 13.0. The normalized spacial score (nSPS) is 15.7. The fraction of sp³-hybridized carbons (Fsp3) is 0.320. The van der Waals surface area contributed by atoms with Crippen molar-refractivity contribution in [1.82, 2.24) is 10.2 Å². The summed E-state index contributed by atoms with van der Waals surface area (Å²) < 4.78 is 6.05. The van der Waals surface area contributed by atoms with Crippen LogP contribution in [0, 0.1) is 0 Å². The third-order valence-electron chi connectivity index (χ3n) is 5.25. The standard InChI is InChI=1S/C25H26BrClN2O4S/c1-17(30)33-16-19-9-12-25(32)29(19)14-4-13-28-24(31)11-8-18-7-10-23(21(27)15-18)34-22-6-3-2-5-20(22)26/h2-3,5-8,10-11,15,19H,4,9,12-14,16H2,1H3,(H,28,31)/t19-/m0/s1. The van der Waals surface area contributed by atoms with Gasteiger partial charge in [-0.2, -0.15) is 0 Å². The molecule has 1 aliphatic rings. The first kappa shape index (κ1) is 26.3. The maximum atomic E-state index is 12.2. The van der Waals surface area contributed by atoms with E-state index >= 15 is 0 Å². The molecule has 2 amide bonds. The minimum absolute atomic E-state index is 0.0569. The fourth-order valence-corrected chi connectivity index (χ4v) is 5.20. The number of carbonyl (C=O) groups excluding carboxylic acids is 3. The topological polar surface area (TPSA) is 75.7 Å². The van der Waals surface area contributed by atoms with Gasteiger partial charge in [0.25, 0.3) is 0 Å². The van der Waals surface area contributed by atoms with Crippen LogP contribution in [0.15, 0.2) is 62.8 Å². The number of nitrogens with zero attached hydrogens (tertiary/aromatic N) is 1. The summed E-state index contributed by atoms with van der Waals surface area (Å²) in [5, 5.41) is 3.44. The van der Waals surface area contributed by atoms with Gasteiger partial charge in [-0.3, -0.25) is 14.4 Å². The molecule has 1 N–H and O–H groups in total. The van der Waals surface area contributed by atoms with Gasteiger partial charge in [0.1, 0.15) is 6.61 Å². The van der Waals surface area contributed by atoms with Gasteiger partial charge in [-0.1, -0.05) is 41.6 Å². The van der Waals surface area contributed by atoms with E-state index in [4.69, 9.17) is 16.3 Å². The molecule has 1 saturated heterocycles. The molecule has 0 unspecified atom stereocenters. The third-order valence-corrected chi connectivity index (χ3v) is 7.78. The SMILES string of the molecule is CC(=O)OC[C@@H]1CCC(=O)N1CCCNC(=O)C=Cc1ccc(Sc2ccccc2Br)c(Cl)c1. The Morgan fingerprint density at radius 1 is 1.26 bits per heavy atom. The minimum Gasteiger partial charge on any atom is -0.464 e. The molecule has 0 bridgehead atoms. The van der Waals surface area contributed by atoms with Crippen LogP contribution < -0.4 is 5.32 Å². The number of halogens is 2. The maximum absolute atomic E-state index is 12.2. The van der Waals surface area contributed by atoms with Crippen molar-refractivity contribution in [2.24, 2.45) is 0 Å². The number of carbonyl (C=O) groups is 3. The number of benzene rings is 2. The summed E-state index contributed by atoms with van der Waals surface area (Å²) in [6.07, 6.45) is 4.95. The number of ether oxygens (including phenoxy) is 1. The molecular formula is C25H26BrClN2O4S. The summed E-state index contributed by atoms with van der Waals surface area (Å²) in [6, 6.07) is 13.5. The van der Waals surface area contributed by atoms with Crippen molar-refractivity contribution in [3.63, 3.8) is 0 Å². The van der Waals surface area contributed by atoms with Crippen molar-refractivity contribution < 1.29 is 19.1 Å². The Balaban J connectivity index is 1.44. The zero-order valence-electron chi connectivity index (χ0n) is 18.8. The largest absolute Gasteiger partial charge is 0.464 e. The van der Waals surface area contributed by atoms with Crippen molar-refractivity contribution in [3.05, 3.63) is 63.6 Å². The van der Waals surface area contributed by atoms with Crippen LogP contribution in [0.4, 0.5) is 0 Å². The summed E-state index contributed by atoms with van der Waals surface area (Å²) in [5.74, 6) is -0.509. The quantitative estimate of drug-likeness (QED) is 0.240. The molecule has 1 aliphatic heterocycles. The van der Waals surface area contributed by atoms with Crippen LogP contribution in [-0.4, -0.2) is 48.4 Å². The molecule has 3 rings (SSSR count). The van der Waals surface area contributed by atoms with Gasteiger partial charge in [-0.15, -0.1) is 0 Å². The van der Waals surface area contributed by atoms with E-state index in [9.17, 15) is 14.4 Å². The molecule has 1 heterocycles. The second-order valence-corrected chi connectivity index (χ2v) is 10.1. The zero-order chi connectivity index (χ0) is 24.5. The number of nitrogens with one attached hydrogen (secondary N) is 1. The molecule has 0 saturated carbocycles. The number of likely N-dealkylation sites (tertiary alicyclic amines) is 1. The minimum atomic E-state index is -0.350. The van der Waals surface area contributed by atoms with E-state index in [1.165, 1.54) is 13.0 Å². The first-order valence-electron chi connectivity index (χ1n) is 10.9. The summed E-state index contributed by atoms with van der Waals surface area (Å²) in [4.78, 5) is 39.0. The van der Waals surface area contributed by atoms with Crippen molar-refractivity contribution in [3.8, 4) is 0 Å². The van der Waals surface area contributed by atoms with Crippen molar-refractivity contribution in [2.75, 3.05) is 19.7 Å². The van der Waals surface area contributed by atoms with E-state index in [1.807, 2.05) is 42.5 Å². The van der Waals surface area contributed by atoms with Gasteiger partial charge < -0.3 is 15.0 Å². The van der Waals surface area contributed by atoms with Gasteiger partial charge >= 0.3 is 5.97 Å². The van der Waals surface area contributed by atoms with Gasteiger partial charge in [0.05, 0.1) is 11.1 Å². The predicted octanol–water partition coefficient (Wildman–Crippen LogP) is 5.33. The smallest absolute Gasteiger partial charge is 0.302 e. The lowest BCUT2D eigenvalue weighted by Crippen LogP contribution is -2.38. The molecule has 9 heteroatoms. The maximum Gasteiger partial charge on any atom is 0.302 e. The molecule has 2 aromatic carbocycles. The summed E-state index contributed by atoms with van der Waals surface area (Å²) in [6.45, 7) is 2.53. The Hall–Kier alpha value is -2.29. The Labute approximate surface area is 217 Å². The molecule has 1 fully saturated rings. The van der Waals surface area contributed by atoms with Gasteiger partial charge in [-0.05, 0) is 64.7 Å². The van der Waals surface area contributed by atoms with Gasteiger partial charge in [0.15, 0.2) is 0 Å². The number of amides is 2. The predicted molar refractivity (Wildman–Crippen MR) is 138 cm³/mol. The van der Waals surface area contributed by atoms with Crippen LogP contribution >= 0.6 is 39.3 Å². The van der Waals surface area contributed by atoms with Crippen molar-refractivity contribution >= 4 is 63.2 Å². The number of esters is 1. The molecule has 0 aromatic heterocycles. The first-order valence-corrected chi connectivity index (χ1v) is 12.9. The Kier molecular flexibility index (Phi) is 10.0. The van der Waals surface area contributed by atoms with E-state index in [-0.39, 0.29) is 30.4 Å². The average molecular weight is 566 g/mol. The zero-order valence-corrected chi connectivity index (χ0v) is 21.9. The van der Waals surface area contributed by atoms with E-state index in [2.05, 4.69) is 21.2 Å². The van der Waals surface area contributed by atoms with E-state index in [0.717, 1.165) is 19.8 Å². The molecule has 6 nitrogen and oxygen atoms in total. The lowest BCUT2D eigenvalue weighted by Gasteiger charge is -2.24. The molecule has 34 heavy (non-hydrogen) atoms. The van der Waals surface area contributed by atoms with Crippen LogP contribution in [0.5, 0.6) is 0 Å². The van der Waals surface area contributed by atoms with E-state index in [0.29, 0.717) is 37.4 Å². The van der Waals surface area contributed by atoms with Crippen LogP contribution in [0.1, 0.15) is 31.7 Å². The van der Waals surface area contributed by atoms with Crippen molar-refractivity contribution in [2.45, 2.75) is 42.0 Å². The molecule has 0 aliphatic carbocycles. The first-order chi connectivity index (χ1) is 16.3. The third kappa shape index (κ3) is 7.89. The highest BCUT2D eigenvalue weighted by Crippen LogP contribution is 2.37. The van der Waals surface area contributed by atoms with Crippen molar-refractivity contribution in [1.29, 1.82) is 0 Å². The number of hydrogen-bond acceptors (Lipinski definition) is 5. The van der Waals surface area contributed by atoms with E-state index in [1.54, 1.807) is 22.7 Å². The van der Waals surface area contributed by atoms with Gasteiger partial charge in [-0.25, -0.2) is 0 Å². The molecule has 1 atom stereocenters. The van der Waals surface area contributed by atoms with Crippen LogP contribution in [0.25, 0.3) is 6.08 Å². The summed E-state index contributed by atoms with van der Waals surface area (Å²) in [5.41, 5.74) is 0.826. The highest BCUT2D eigenvalue weighted by Gasteiger charge is 2.31. The number of rotatable bonds is 10. The Bertz CT molecular complexity index is 1080. The fourth-order valence-electron chi connectivity index (χ4n) is 3.53. The second-order valence-electron chi connectivity index (χ2n) is 7.78. The summed E-state index contributed by atoms with van der Waals surface area (Å²) in [7, 11) is 0. The van der Waals surface area contributed by atoms with Crippen LogP contribution in [0.2, 0.25) is 5.02 Å². The molecule has 180 valence electrons. The summed E-state index contributed by atoms with van der Waals surface area (Å²) >= 11 is 11.6. The lowest BCUT2D eigenvalue weighted by atomic mass is 10.2.